The van der Waals surface area contributed by atoms with Gasteiger partial charge >= 0.3 is 45.7 Å². The molecule has 0 spiro atoms. The summed E-state index contributed by atoms with van der Waals surface area (Å²) in [5.41, 5.74) is 0. The summed E-state index contributed by atoms with van der Waals surface area (Å²) < 4.78 is 1.28. The number of rotatable bonds is 6. The maximum absolute atomic E-state index is 10.1. The van der Waals surface area contributed by atoms with Crippen LogP contribution >= 0.6 is 0 Å². The van der Waals surface area contributed by atoms with Crippen molar-refractivity contribution in [3.8, 4) is 0 Å². The van der Waals surface area contributed by atoms with Crippen molar-refractivity contribution in [1.82, 2.24) is 0 Å². The van der Waals surface area contributed by atoms with E-state index in [1.807, 2.05) is 0 Å². The van der Waals surface area contributed by atoms with Gasteiger partial charge in [0, 0.05) is 13.9 Å². The molecular formula is C12H27Al3O3. The van der Waals surface area contributed by atoms with Gasteiger partial charge < -0.3 is 14.4 Å². The van der Waals surface area contributed by atoms with Crippen LogP contribution < -0.4 is 0 Å². The van der Waals surface area contributed by atoms with E-state index in [0.717, 1.165) is 15.8 Å². The van der Waals surface area contributed by atoms with Crippen molar-refractivity contribution in [2.24, 2.45) is 0 Å². The van der Waals surface area contributed by atoms with E-state index in [-0.39, 0.29) is 45.7 Å². The average Bonchev–Trinajstić information content (AvgIpc) is 2.18. The van der Waals surface area contributed by atoms with E-state index < -0.39 is 0 Å². The Morgan fingerprint density at radius 1 is 0.611 bits per heavy atom. The first kappa shape index (κ1) is 23.7. The van der Waals surface area contributed by atoms with Gasteiger partial charge in [0.1, 0.15) is 0 Å². The molecule has 0 aromatic rings. The molecule has 0 N–H and O–H groups in total. The first-order chi connectivity index (χ1) is 8.31. The van der Waals surface area contributed by atoms with Crippen molar-refractivity contribution < 1.29 is 14.4 Å². The number of carbonyl (C=O) groups excluding carboxylic acids is 3. The van der Waals surface area contributed by atoms with E-state index in [1.165, 1.54) is 0 Å². The van der Waals surface area contributed by atoms with Gasteiger partial charge in [0.25, 0.3) is 0 Å². The third-order valence-electron chi connectivity index (χ3n) is 1.81. The number of hydrogen-bond donors (Lipinski definition) is 0. The normalized spacial score (nSPS) is 7.67. The lowest BCUT2D eigenvalue weighted by Crippen LogP contribution is -1.99. The highest BCUT2D eigenvalue weighted by molar-refractivity contribution is 6.73. The molecule has 0 bridgehead atoms. The van der Waals surface area contributed by atoms with Crippen LogP contribution in [0.5, 0.6) is 0 Å². The predicted octanol–water partition coefficient (Wildman–Crippen LogP) is 1.22. The maximum atomic E-state index is 10.1. The molecule has 0 atom stereocenters. The Balaban J connectivity index is -0.000000187. The van der Waals surface area contributed by atoms with Gasteiger partial charge in [-0.2, -0.15) is 0 Å². The molecule has 0 aromatic heterocycles. The summed E-state index contributed by atoms with van der Waals surface area (Å²) >= 11 is -0.847. The molecule has 0 amide bonds. The van der Waals surface area contributed by atoms with Crippen LogP contribution in [0.3, 0.4) is 0 Å². The molecule has 0 radical (unpaired) electrons. The molecular weight excluding hydrogens is 273 g/mol. The third-order valence-corrected chi connectivity index (χ3v) is 5.42. The van der Waals surface area contributed by atoms with Crippen molar-refractivity contribution >= 4 is 59.6 Å². The third kappa shape index (κ3) is 43.8. The van der Waals surface area contributed by atoms with Gasteiger partial charge in [0.15, 0.2) is 0 Å². The Morgan fingerprint density at radius 2 is 0.778 bits per heavy atom. The quantitative estimate of drug-likeness (QED) is 0.693. The fourth-order valence-corrected chi connectivity index (χ4v) is 3.17. The highest BCUT2D eigenvalue weighted by Gasteiger charge is 1.92. The van der Waals surface area contributed by atoms with Crippen molar-refractivity contribution in [3.05, 3.63) is 0 Å². The maximum Gasteiger partial charge on any atom is 0.341 e. The van der Waals surface area contributed by atoms with Crippen molar-refractivity contribution in [2.75, 3.05) is 0 Å². The monoisotopic (exact) mass is 300 g/mol. The van der Waals surface area contributed by atoms with Gasteiger partial charge in [-0.1, -0.05) is 36.6 Å². The summed E-state index contributed by atoms with van der Waals surface area (Å²) in [7, 11) is 0. The summed E-state index contributed by atoms with van der Waals surface area (Å²) in [6.45, 7) is 11.2. The Labute approximate surface area is 131 Å². The van der Waals surface area contributed by atoms with Crippen LogP contribution in [0.15, 0.2) is 0 Å². The van der Waals surface area contributed by atoms with Gasteiger partial charge in [0.2, 0.25) is 0 Å². The largest absolute Gasteiger partial charge is 0.341 e. The summed E-state index contributed by atoms with van der Waals surface area (Å²) in [5.74, 6) is 0. The zero-order valence-electron chi connectivity index (χ0n) is 13.0. The minimum absolute atomic E-state index is 0.282. The molecule has 0 aliphatic carbocycles. The first-order valence-corrected chi connectivity index (χ1v) is 11.9. The minimum atomic E-state index is -0.282. The molecule has 0 rings (SSSR count). The molecule has 0 saturated carbocycles. The second kappa shape index (κ2) is 19.9. The topological polar surface area (TPSA) is 51.2 Å². The number of carbonyl (C=O) groups is 3. The molecule has 18 heavy (non-hydrogen) atoms. The molecule has 0 aliphatic heterocycles. The Hall–Kier alpha value is 0.607. The molecule has 3 nitrogen and oxygen atoms in total. The molecule has 0 fully saturated rings. The van der Waals surface area contributed by atoms with Crippen LogP contribution in [0.1, 0.15) is 41.5 Å². The Kier molecular flexibility index (Phi) is 26.2. The summed E-state index contributed by atoms with van der Waals surface area (Å²) in [6, 6.07) is 0. The van der Waals surface area contributed by atoms with Crippen LogP contribution in [-0.4, -0.2) is 59.6 Å². The molecule has 0 aliphatic rings. The lowest BCUT2D eigenvalue weighted by atomic mass is 10.9. The standard InChI is InChI=1S/3C2H3O.3C2H5.3Al.3H/c3*1-2-3;3*1-2;;;;;;/h3*1H3;3*1H2,2H3;;;;;;. The predicted molar refractivity (Wildman–Crippen MR) is 84.9 cm³/mol. The second-order valence-electron chi connectivity index (χ2n) is 4.36. The number of hydrogen-bond acceptors (Lipinski definition) is 3. The van der Waals surface area contributed by atoms with Crippen LogP contribution in [0, 0.1) is 0 Å². The molecule has 102 valence electrons. The van der Waals surface area contributed by atoms with Gasteiger partial charge in [-0.15, -0.1) is 0 Å². The van der Waals surface area contributed by atoms with E-state index in [4.69, 9.17) is 0 Å². The van der Waals surface area contributed by atoms with E-state index in [9.17, 15) is 14.4 Å². The van der Waals surface area contributed by atoms with E-state index in [1.54, 1.807) is 20.8 Å². The zero-order valence-corrected chi connectivity index (χ0v) is 17.2. The average molecular weight is 300 g/mol. The molecule has 0 heterocycles. The summed E-state index contributed by atoms with van der Waals surface area (Å²) in [4.78, 5) is 30.3. The van der Waals surface area contributed by atoms with Crippen molar-refractivity contribution in [2.45, 2.75) is 57.4 Å². The van der Waals surface area contributed by atoms with E-state index in [2.05, 4.69) is 20.8 Å². The molecule has 6 heteroatoms. The van der Waals surface area contributed by atoms with Crippen LogP contribution in [-0.2, 0) is 14.4 Å². The SMILES string of the molecule is C[CH2][AlH][C](C)=O.C[CH2][AlH][C](C)=O.C[CH2][AlH][C](C)=O. The van der Waals surface area contributed by atoms with Gasteiger partial charge in [0.05, 0.1) is 0 Å². The van der Waals surface area contributed by atoms with Crippen molar-refractivity contribution in [1.29, 1.82) is 0 Å². The second-order valence-corrected chi connectivity index (χ2v) is 11.8. The van der Waals surface area contributed by atoms with Gasteiger partial charge in [-0.3, -0.25) is 0 Å². The highest BCUT2D eigenvalue weighted by atomic mass is 27.1. The molecule has 0 aromatic carbocycles. The fraction of sp³-hybridized carbons (Fsp3) is 0.750. The zero-order chi connectivity index (χ0) is 15.0. The highest BCUT2D eigenvalue weighted by Crippen LogP contribution is 1.72. The lowest BCUT2D eigenvalue weighted by molar-refractivity contribution is -0.111. The van der Waals surface area contributed by atoms with Crippen LogP contribution in [0.25, 0.3) is 0 Å². The smallest absolute Gasteiger partial charge is 0.322 e. The fourth-order valence-electron chi connectivity index (χ4n) is 1.06. The van der Waals surface area contributed by atoms with E-state index >= 15 is 0 Å². The summed E-state index contributed by atoms with van der Waals surface area (Å²) in [6.07, 6.45) is 0. The van der Waals surface area contributed by atoms with Crippen LogP contribution in [0.4, 0.5) is 0 Å². The van der Waals surface area contributed by atoms with Gasteiger partial charge in [-0.25, -0.2) is 0 Å². The Morgan fingerprint density at radius 3 is 0.778 bits per heavy atom. The lowest BCUT2D eigenvalue weighted by Gasteiger charge is -1.75. The van der Waals surface area contributed by atoms with E-state index in [0.29, 0.717) is 13.9 Å². The van der Waals surface area contributed by atoms with Gasteiger partial charge in [-0.05, 0) is 20.8 Å². The van der Waals surface area contributed by atoms with Crippen LogP contribution in [0.2, 0.25) is 15.8 Å². The first-order valence-electron chi connectivity index (χ1n) is 6.79. The molecule has 0 unspecified atom stereocenters. The Bertz CT molecular complexity index is 193. The molecule has 0 saturated heterocycles. The minimum Gasteiger partial charge on any atom is -0.322 e. The van der Waals surface area contributed by atoms with Crippen molar-refractivity contribution in [3.63, 3.8) is 0 Å². The summed E-state index contributed by atoms with van der Waals surface area (Å²) in [5, 5.41) is 3.36.